The average molecular weight is 290 g/mol. The minimum Gasteiger partial charge on any atom is -0.353 e. The molecule has 1 aromatic rings. The summed E-state index contributed by atoms with van der Waals surface area (Å²) in [6, 6.07) is 6.07. The maximum Gasteiger partial charge on any atom is 0.243 e. The summed E-state index contributed by atoms with van der Waals surface area (Å²) < 4.78 is 12.7. The molecule has 1 aliphatic rings. The summed E-state index contributed by atoms with van der Waals surface area (Å²) in [5.74, 6) is 0.365. The van der Waals surface area contributed by atoms with Crippen molar-refractivity contribution in [1.82, 2.24) is 10.2 Å². The quantitative estimate of drug-likeness (QED) is 0.846. The molecule has 1 aliphatic heterocycles. The van der Waals surface area contributed by atoms with Gasteiger partial charge in [-0.1, -0.05) is 12.1 Å². The van der Waals surface area contributed by atoms with Crippen LogP contribution in [0.3, 0.4) is 0 Å². The lowest BCUT2D eigenvalue weighted by Crippen LogP contribution is -2.32. The van der Waals surface area contributed by atoms with Crippen LogP contribution in [0, 0.1) is 11.7 Å². The molecule has 1 heterocycles. The van der Waals surface area contributed by atoms with Gasteiger partial charge in [-0.15, -0.1) is 0 Å². The maximum absolute atomic E-state index is 12.7. The number of nitrogens with one attached hydrogen (secondary N) is 1. The van der Waals surface area contributed by atoms with Gasteiger partial charge in [0.25, 0.3) is 0 Å². The first-order valence-electron chi connectivity index (χ1n) is 7.53. The molecule has 0 radical (unpaired) electrons. The van der Waals surface area contributed by atoms with E-state index in [1.807, 2.05) is 0 Å². The van der Waals surface area contributed by atoms with Crippen LogP contribution in [0.2, 0.25) is 0 Å². The number of amides is 1. The van der Waals surface area contributed by atoms with E-state index in [-0.39, 0.29) is 11.7 Å². The summed E-state index contributed by atoms with van der Waals surface area (Å²) in [5.41, 5.74) is 0.821. The molecule has 1 fully saturated rings. The van der Waals surface area contributed by atoms with E-state index in [9.17, 15) is 9.18 Å². The standard InChI is InChI=1S/C17H23FN2O/c1-20-12-9-15(10-13-20)8-11-19-17(21)7-4-14-2-5-16(18)6-3-14/h2-7,15H,8-13H2,1H3,(H,19,21)/b7-4+. The van der Waals surface area contributed by atoms with Gasteiger partial charge in [0.2, 0.25) is 5.91 Å². The third kappa shape index (κ3) is 5.68. The molecule has 4 heteroatoms. The predicted molar refractivity (Wildman–Crippen MR) is 83.3 cm³/mol. The predicted octanol–water partition coefficient (Wildman–Crippen LogP) is 2.69. The van der Waals surface area contributed by atoms with E-state index in [4.69, 9.17) is 0 Å². The Hall–Kier alpha value is -1.68. The SMILES string of the molecule is CN1CCC(CCNC(=O)/C=C/c2ccc(F)cc2)CC1. The van der Waals surface area contributed by atoms with Crippen LogP contribution in [0.1, 0.15) is 24.8 Å². The molecule has 1 aromatic carbocycles. The highest BCUT2D eigenvalue weighted by Gasteiger charge is 2.15. The van der Waals surface area contributed by atoms with E-state index >= 15 is 0 Å². The lowest BCUT2D eigenvalue weighted by molar-refractivity contribution is -0.116. The molecule has 1 N–H and O–H groups in total. The van der Waals surface area contributed by atoms with E-state index in [2.05, 4.69) is 17.3 Å². The fraction of sp³-hybridized carbons (Fsp3) is 0.471. The van der Waals surface area contributed by atoms with Crippen molar-refractivity contribution in [1.29, 1.82) is 0 Å². The molecule has 1 amide bonds. The first-order valence-corrected chi connectivity index (χ1v) is 7.53. The van der Waals surface area contributed by atoms with Crippen LogP contribution in [0.25, 0.3) is 6.08 Å². The Kier molecular flexibility index (Phi) is 5.93. The Morgan fingerprint density at radius 2 is 2.00 bits per heavy atom. The maximum atomic E-state index is 12.7. The number of carbonyl (C=O) groups excluding carboxylic acids is 1. The van der Waals surface area contributed by atoms with Crippen LogP contribution in [0.5, 0.6) is 0 Å². The molecule has 0 atom stereocenters. The molecule has 21 heavy (non-hydrogen) atoms. The zero-order valence-corrected chi connectivity index (χ0v) is 12.5. The summed E-state index contributed by atoms with van der Waals surface area (Å²) in [6.45, 7) is 3.03. The van der Waals surface area contributed by atoms with Gasteiger partial charge in [0, 0.05) is 12.6 Å². The summed E-state index contributed by atoms with van der Waals surface area (Å²) in [7, 11) is 2.15. The highest BCUT2D eigenvalue weighted by Crippen LogP contribution is 2.18. The smallest absolute Gasteiger partial charge is 0.243 e. The van der Waals surface area contributed by atoms with Crippen molar-refractivity contribution in [2.75, 3.05) is 26.7 Å². The van der Waals surface area contributed by atoms with E-state index in [1.165, 1.54) is 31.1 Å². The van der Waals surface area contributed by atoms with Gasteiger partial charge < -0.3 is 10.2 Å². The van der Waals surface area contributed by atoms with Crippen LogP contribution in [0.4, 0.5) is 4.39 Å². The monoisotopic (exact) mass is 290 g/mol. The summed E-state index contributed by atoms with van der Waals surface area (Å²) >= 11 is 0. The van der Waals surface area contributed by atoms with Gasteiger partial charge in [0.15, 0.2) is 0 Å². The zero-order valence-electron chi connectivity index (χ0n) is 12.5. The van der Waals surface area contributed by atoms with Gasteiger partial charge in [-0.3, -0.25) is 4.79 Å². The number of carbonyl (C=O) groups is 1. The first kappa shape index (κ1) is 15.7. The topological polar surface area (TPSA) is 32.3 Å². The number of halogens is 1. The highest BCUT2D eigenvalue weighted by molar-refractivity contribution is 5.91. The third-order valence-electron chi connectivity index (χ3n) is 3.99. The molecule has 3 nitrogen and oxygen atoms in total. The van der Waals surface area contributed by atoms with Gasteiger partial charge in [0.05, 0.1) is 0 Å². The largest absolute Gasteiger partial charge is 0.353 e. The van der Waals surface area contributed by atoms with Gasteiger partial charge in [-0.2, -0.15) is 0 Å². The first-order chi connectivity index (χ1) is 10.1. The molecule has 1 saturated heterocycles. The summed E-state index contributed by atoms with van der Waals surface area (Å²) in [6.07, 6.45) is 6.69. The molecular formula is C17H23FN2O. The normalized spacial score (nSPS) is 17.2. The van der Waals surface area contributed by atoms with Crippen LogP contribution in [0.15, 0.2) is 30.3 Å². The van der Waals surface area contributed by atoms with Crippen molar-refractivity contribution < 1.29 is 9.18 Å². The lowest BCUT2D eigenvalue weighted by atomic mass is 9.94. The van der Waals surface area contributed by atoms with E-state index in [0.717, 1.165) is 37.5 Å². The zero-order chi connectivity index (χ0) is 15.1. The van der Waals surface area contributed by atoms with Crippen LogP contribution < -0.4 is 5.32 Å². The highest BCUT2D eigenvalue weighted by atomic mass is 19.1. The minimum atomic E-state index is -0.269. The fourth-order valence-corrected chi connectivity index (χ4v) is 2.55. The molecule has 0 spiro atoms. The lowest BCUT2D eigenvalue weighted by Gasteiger charge is -2.28. The van der Waals surface area contributed by atoms with Crippen molar-refractivity contribution >= 4 is 12.0 Å². The molecular weight excluding hydrogens is 267 g/mol. The van der Waals surface area contributed by atoms with Gasteiger partial charge in [0.1, 0.15) is 5.82 Å². The second-order valence-corrected chi connectivity index (χ2v) is 5.71. The van der Waals surface area contributed by atoms with Crippen molar-refractivity contribution in [3.8, 4) is 0 Å². The number of rotatable bonds is 5. The van der Waals surface area contributed by atoms with Crippen molar-refractivity contribution in [3.05, 3.63) is 41.7 Å². The molecule has 0 aliphatic carbocycles. The average Bonchev–Trinajstić information content (AvgIpc) is 2.49. The Morgan fingerprint density at radius 1 is 1.33 bits per heavy atom. The van der Waals surface area contributed by atoms with E-state index < -0.39 is 0 Å². The Bertz CT molecular complexity index is 476. The number of piperidine rings is 1. The summed E-state index contributed by atoms with van der Waals surface area (Å²) in [5, 5.41) is 2.91. The van der Waals surface area contributed by atoms with E-state index in [1.54, 1.807) is 18.2 Å². The third-order valence-corrected chi connectivity index (χ3v) is 3.99. The molecule has 0 aromatic heterocycles. The van der Waals surface area contributed by atoms with Crippen LogP contribution in [-0.2, 0) is 4.79 Å². The van der Waals surface area contributed by atoms with Gasteiger partial charge >= 0.3 is 0 Å². The molecule has 2 rings (SSSR count). The van der Waals surface area contributed by atoms with Crippen LogP contribution >= 0.6 is 0 Å². The van der Waals surface area contributed by atoms with Crippen LogP contribution in [-0.4, -0.2) is 37.5 Å². The minimum absolute atomic E-state index is 0.0905. The number of nitrogens with zero attached hydrogens (tertiary/aromatic N) is 1. The fourth-order valence-electron chi connectivity index (χ4n) is 2.55. The Balaban J connectivity index is 1.66. The van der Waals surface area contributed by atoms with E-state index in [0.29, 0.717) is 0 Å². The second kappa shape index (κ2) is 7.93. The van der Waals surface area contributed by atoms with Crippen molar-refractivity contribution in [3.63, 3.8) is 0 Å². The number of likely N-dealkylation sites (tertiary alicyclic amines) is 1. The van der Waals surface area contributed by atoms with Gasteiger partial charge in [-0.25, -0.2) is 4.39 Å². The molecule has 0 unspecified atom stereocenters. The number of hydrogen-bond donors (Lipinski definition) is 1. The Morgan fingerprint density at radius 3 is 2.67 bits per heavy atom. The molecule has 114 valence electrons. The summed E-state index contributed by atoms with van der Waals surface area (Å²) in [4.78, 5) is 14.0. The van der Waals surface area contributed by atoms with Crippen molar-refractivity contribution in [2.24, 2.45) is 5.92 Å². The molecule has 0 bridgehead atoms. The van der Waals surface area contributed by atoms with Crippen molar-refractivity contribution in [2.45, 2.75) is 19.3 Å². The second-order valence-electron chi connectivity index (χ2n) is 5.71. The molecule has 0 saturated carbocycles. The Labute approximate surface area is 125 Å². The number of hydrogen-bond acceptors (Lipinski definition) is 2. The number of benzene rings is 1. The van der Waals surface area contributed by atoms with Gasteiger partial charge in [-0.05, 0) is 69.1 Å².